The van der Waals surface area contributed by atoms with E-state index in [4.69, 9.17) is 4.52 Å². The third kappa shape index (κ3) is 2.97. The van der Waals surface area contributed by atoms with Crippen molar-refractivity contribution in [3.05, 3.63) is 17.5 Å². The molecular formula is C8H13NOS. The summed E-state index contributed by atoms with van der Waals surface area (Å²) < 4.78 is 4.94. The van der Waals surface area contributed by atoms with E-state index >= 15 is 0 Å². The molecule has 0 saturated heterocycles. The van der Waals surface area contributed by atoms with Crippen molar-refractivity contribution in [3.8, 4) is 0 Å². The Kier molecular flexibility index (Phi) is 3.49. The lowest BCUT2D eigenvalue weighted by Gasteiger charge is -1.92. The van der Waals surface area contributed by atoms with Gasteiger partial charge >= 0.3 is 0 Å². The number of nitrogens with zero attached hydrogens (tertiary/aromatic N) is 1. The summed E-state index contributed by atoms with van der Waals surface area (Å²) in [6.45, 7) is 4.09. The fourth-order valence-corrected chi connectivity index (χ4v) is 1.50. The van der Waals surface area contributed by atoms with Crippen LogP contribution in [0.2, 0.25) is 0 Å². The third-order valence-electron chi connectivity index (χ3n) is 1.38. The van der Waals surface area contributed by atoms with Crippen molar-refractivity contribution in [2.75, 3.05) is 11.5 Å². The molecule has 0 atom stereocenters. The maximum atomic E-state index is 4.94. The van der Waals surface area contributed by atoms with E-state index in [9.17, 15) is 0 Å². The van der Waals surface area contributed by atoms with Gasteiger partial charge in [0.1, 0.15) is 5.76 Å². The molecule has 0 spiro atoms. The molecule has 11 heavy (non-hydrogen) atoms. The second kappa shape index (κ2) is 4.44. The van der Waals surface area contributed by atoms with Gasteiger partial charge in [0.2, 0.25) is 0 Å². The van der Waals surface area contributed by atoms with Gasteiger partial charge in [-0.1, -0.05) is 12.1 Å². The van der Waals surface area contributed by atoms with Gasteiger partial charge < -0.3 is 4.52 Å². The molecule has 0 aromatic carbocycles. The Morgan fingerprint density at radius 2 is 2.45 bits per heavy atom. The van der Waals surface area contributed by atoms with Gasteiger partial charge in [-0.15, -0.1) is 0 Å². The average molecular weight is 171 g/mol. The van der Waals surface area contributed by atoms with Crippen LogP contribution in [0, 0.1) is 6.92 Å². The molecule has 0 unspecified atom stereocenters. The van der Waals surface area contributed by atoms with Crippen LogP contribution < -0.4 is 0 Å². The van der Waals surface area contributed by atoms with Crippen molar-refractivity contribution < 1.29 is 4.52 Å². The Labute approximate surface area is 71.3 Å². The first-order valence-corrected chi connectivity index (χ1v) is 4.98. The second-order valence-electron chi connectivity index (χ2n) is 2.38. The molecule has 2 nitrogen and oxygen atoms in total. The Bertz CT molecular complexity index is 210. The summed E-state index contributed by atoms with van der Waals surface area (Å²) in [5.41, 5.74) is 1.07. The van der Waals surface area contributed by atoms with Crippen molar-refractivity contribution >= 4 is 11.8 Å². The molecule has 0 N–H and O–H groups in total. The van der Waals surface area contributed by atoms with E-state index in [-0.39, 0.29) is 0 Å². The average Bonchev–Trinajstić information content (AvgIpc) is 2.37. The summed E-state index contributed by atoms with van der Waals surface area (Å²) in [5, 5.41) is 3.90. The van der Waals surface area contributed by atoms with E-state index < -0.39 is 0 Å². The molecule has 3 heteroatoms. The molecule has 1 aromatic heterocycles. The van der Waals surface area contributed by atoms with Crippen molar-refractivity contribution in [2.24, 2.45) is 0 Å². The number of hydrogen-bond donors (Lipinski definition) is 0. The first-order chi connectivity index (χ1) is 5.33. The summed E-state index contributed by atoms with van der Waals surface area (Å²) in [5.74, 6) is 3.22. The lowest BCUT2D eigenvalue weighted by Crippen LogP contribution is -1.87. The molecule has 0 aliphatic heterocycles. The lowest BCUT2D eigenvalue weighted by molar-refractivity contribution is 0.391. The van der Waals surface area contributed by atoms with Gasteiger partial charge in [-0.3, -0.25) is 0 Å². The van der Waals surface area contributed by atoms with Crippen LogP contribution in [0.1, 0.15) is 18.4 Å². The molecule has 1 heterocycles. The zero-order chi connectivity index (χ0) is 8.10. The van der Waals surface area contributed by atoms with Crippen LogP contribution in [-0.4, -0.2) is 16.7 Å². The summed E-state index contributed by atoms with van der Waals surface area (Å²) in [6.07, 6.45) is 1.02. The van der Waals surface area contributed by atoms with E-state index in [2.05, 4.69) is 12.1 Å². The molecule has 0 saturated carbocycles. The van der Waals surface area contributed by atoms with Crippen molar-refractivity contribution in [1.82, 2.24) is 5.16 Å². The van der Waals surface area contributed by atoms with Gasteiger partial charge in [0, 0.05) is 12.5 Å². The van der Waals surface area contributed by atoms with Gasteiger partial charge in [0.15, 0.2) is 0 Å². The van der Waals surface area contributed by atoms with Crippen molar-refractivity contribution in [1.29, 1.82) is 0 Å². The molecular weight excluding hydrogens is 158 g/mol. The molecule has 0 amide bonds. The van der Waals surface area contributed by atoms with Gasteiger partial charge in [0.05, 0.1) is 5.69 Å². The first kappa shape index (κ1) is 8.65. The predicted molar refractivity (Wildman–Crippen MR) is 47.9 cm³/mol. The highest BCUT2D eigenvalue weighted by Crippen LogP contribution is 2.06. The molecule has 0 aliphatic carbocycles. The zero-order valence-electron chi connectivity index (χ0n) is 6.96. The molecule has 1 aromatic rings. The largest absolute Gasteiger partial charge is 0.361 e. The molecule has 0 bridgehead atoms. The highest BCUT2D eigenvalue weighted by atomic mass is 32.2. The lowest BCUT2D eigenvalue weighted by atomic mass is 10.3. The highest BCUT2D eigenvalue weighted by Gasteiger charge is 1.98. The Morgan fingerprint density at radius 3 is 3.00 bits per heavy atom. The monoisotopic (exact) mass is 171 g/mol. The molecule has 1 rings (SSSR count). The van der Waals surface area contributed by atoms with Crippen LogP contribution in [-0.2, 0) is 6.42 Å². The molecule has 62 valence electrons. The van der Waals surface area contributed by atoms with E-state index in [0.29, 0.717) is 0 Å². The maximum absolute atomic E-state index is 4.94. The molecule has 0 radical (unpaired) electrons. The third-order valence-corrected chi connectivity index (χ3v) is 2.28. The topological polar surface area (TPSA) is 26.0 Å². The minimum Gasteiger partial charge on any atom is -0.361 e. The molecule has 0 aliphatic rings. The van der Waals surface area contributed by atoms with Crippen LogP contribution in [0.4, 0.5) is 0 Å². The number of aryl methyl sites for hydroxylation is 2. The highest BCUT2D eigenvalue weighted by molar-refractivity contribution is 7.99. The number of rotatable bonds is 4. The van der Waals surface area contributed by atoms with E-state index in [0.717, 1.165) is 23.6 Å². The summed E-state index contributed by atoms with van der Waals surface area (Å²) in [7, 11) is 0. The summed E-state index contributed by atoms with van der Waals surface area (Å²) in [6, 6.07) is 2.00. The number of thioether (sulfide) groups is 1. The Morgan fingerprint density at radius 1 is 1.64 bits per heavy atom. The number of aromatic nitrogens is 1. The first-order valence-electron chi connectivity index (χ1n) is 3.83. The minimum atomic E-state index is 0.904. The smallest absolute Gasteiger partial charge is 0.133 e. The Hall–Kier alpha value is -0.440. The van der Waals surface area contributed by atoms with Crippen molar-refractivity contribution in [3.63, 3.8) is 0 Å². The Balaban J connectivity index is 2.27. The minimum absolute atomic E-state index is 0.904. The van der Waals surface area contributed by atoms with Crippen molar-refractivity contribution in [2.45, 2.75) is 20.3 Å². The summed E-state index contributed by atoms with van der Waals surface area (Å²) in [4.78, 5) is 0. The zero-order valence-corrected chi connectivity index (χ0v) is 7.78. The van der Waals surface area contributed by atoms with Gasteiger partial charge in [-0.05, 0) is 18.4 Å². The van der Waals surface area contributed by atoms with Gasteiger partial charge in [0.25, 0.3) is 0 Å². The quantitative estimate of drug-likeness (QED) is 0.650. The number of hydrogen-bond acceptors (Lipinski definition) is 3. The van der Waals surface area contributed by atoms with Gasteiger partial charge in [-0.25, -0.2) is 0 Å². The maximum Gasteiger partial charge on any atom is 0.133 e. The van der Waals surface area contributed by atoms with Gasteiger partial charge in [-0.2, -0.15) is 11.8 Å². The predicted octanol–water partition coefficient (Wildman–Crippen LogP) is 2.28. The summed E-state index contributed by atoms with van der Waals surface area (Å²) >= 11 is 1.93. The second-order valence-corrected chi connectivity index (χ2v) is 3.77. The van der Waals surface area contributed by atoms with Crippen LogP contribution >= 0.6 is 11.8 Å². The fraction of sp³-hybridized carbons (Fsp3) is 0.625. The molecule has 0 fully saturated rings. The fourth-order valence-electron chi connectivity index (χ4n) is 0.857. The van der Waals surface area contributed by atoms with Crippen LogP contribution in [0.15, 0.2) is 10.6 Å². The van der Waals surface area contributed by atoms with E-state index in [1.165, 1.54) is 5.75 Å². The van der Waals surface area contributed by atoms with Crippen LogP contribution in [0.3, 0.4) is 0 Å². The van der Waals surface area contributed by atoms with Crippen LogP contribution in [0.5, 0.6) is 0 Å². The van der Waals surface area contributed by atoms with E-state index in [1.807, 2.05) is 24.8 Å². The standard InChI is InChI=1S/C8H13NOS/c1-3-11-5-4-8-6-7(2)10-9-8/h6H,3-5H2,1-2H3. The van der Waals surface area contributed by atoms with E-state index in [1.54, 1.807) is 0 Å². The normalized spacial score (nSPS) is 10.4. The van der Waals surface area contributed by atoms with Crippen LogP contribution in [0.25, 0.3) is 0 Å². The SMILES string of the molecule is CCSCCc1cc(C)on1.